The molecule has 1 aliphatic rings. The molecule has 5 heteroatoms. The first-order valence-corrected chi connectivity index (χ1v) is 13.0. The standard InChI is InChI=1S/C32H31N3O2/c1-3-9-24(10-4-1)23-36-30-13-7-8-14-31(30)37-27-17-19-35(20-18-27)22-25-15-16-28-29(21-25)34-32(33-28)26-11-5-2-6-12-26/h1-16,21,27H,17-20,22-23H2,(H,33,34). The minimum Gasteiger partial charge on any atom is -0.486 e. The molecule has 6 rings (SSSR count). The lowest BCUT2D eigenvalue weighted by atomic mass is 10.1. The molecular weight excluding hydrogens is 458 g/mol. The summed E-state index contributed by atoms with van der Waals surface area (Å²) < 4.78 is 12.5. The molecule has 1 aliphatic heterocycles. The van der Waals surface area contributed by atoms with Gasteiger partial charge >= 0.3 is 0 Å². The van der Waals surface area contributed by atoms with Crippen LogP contribution in [0.1, 0.15) is 24.0 Å². The number of rotatable bonds is 8. The van der Waals surface area contributed by atoms with Crippen molar-refractivity contribution in [1.29, 1.82) is 0 Å². The number of hydrogen-bond donors (Lipinski definition) is 1. The minimum atomic E-state index is 0.196. The SMILES string of the molecule is c1ccc(COc2ccccc2OC2CCN(Cc3ccc4nc(-c5ccccc5)[nH]c4c3)CC2)cc1. The summed E-state index contributed by atoms with van der Waals surface area (Å²) in [5, 5.41) is 0. The van der Waals surface area contributed by atoms with E-state index in [2.05, 4.69) is 52.3 Å². The van der Waals surface area contributed by atoms with Gasteiger partial charge in [0.2, 0.25) is 0 Å². The van der Waals surface area contributed by atoms with Gasteiger partial charge in [0.15, 0.2) is 11.5 Å². The summed E-state index contributed by atoms with van der Waals surface area (Å²) in [4.78, 5) is 10.8. The van der Waals surface area contributed by atoms with Crippen LogP contribution in [0.3, 0.4) is 0 Å². The Bertz CT molecular complexity index is 1440. The van der Waals surface area contributed by atoms with E-state index in [9.17, 15) is 0 Å². The molecule has 5 aromatic rings. The molecule has 0 spiro atoms. The number of piperidine rings is 1. The molecule has 37 heavy (non-hydrogen) atoms. The zero-order valence-electron chi connectivity index (χ0n) is 20.8. The Hall–Kier alpha value is -4.09. The van der Waals surface area contributed by atoms with Gasteiger partial charge in [-0.25, -0.2) is 4.98 Å². The molecule has 4 aromatic carbocycles. The van der Waals surface area contributed by atoms with E-state index in [0.29, 0.717) is 6.61 Å². The molecule has 2 heterocycles. The van der Waals surface area contributed by atoms with Crippen molar-refractivity contribution in [2.24, 2.45) is 0 Å². The maximum atomic E-state index is 6.41. The van der Waals surface area contributed by atoms with Crippen LogP contribution in [0.4, 0.5) is 0 Å². The fourth-order valence-corrected chi connectivity index (χ4v) is 4.91. The van der Waals surface area contributed by atoms with Crippen LogP contribution in [0.15, 0.2) is 103 Å². The molecule has 0 atom stereocenters. The summed E-state index contributed by atoms with van der Waals surface area (Å²) >= 11 is 0. The van der Waals surface area contributed by atoms with Crippen molar-refractivity contribution in [3.8, 4) is 22.9 Å². The third-order valence-electron chi connectivity index (χ3n) is 6.91. The number of nitrogens with zero attached hydrogens (tertiary/aromatic N) is 2. The van der Waals surface area contributed by atoms with Crippen LogP contribution in [-0.4, -0.2) is 34.1 Å². The van der Waals surface area contributed by atoms with Crippen LogP contribution < -0.4 is 9.47 Å². The molecule has 0 saturated carbocycles. The van der Waals surface area contributed by atoms with Crippen LogP contribution in [0.2, 0.25) is 0 Å². The summed E-state index contributed by atoms with van der Waals surface area (Å²) in [6, 6.07) is 35.1. The summed E-state index contributed by atoms with van der Waals surface area (Å²) in [6.07, 6.45) is 2.19. The third kappa shape index (κ3) is 5.68. The molecule has 1 saturated heterocycles. The van der Waals surface area contributed by atoms with Crippen molar-refractivity contribution in [2.45, 2.75) is 32.1 Å². The van der Waals surface area contributed by atoms with Crippen molar-refractivity contribution in [2.75, 3.05) is 13.1 Å². The number of H-pyrrole nitrogens is 1. The second-order valence-corrected chi connectivity index (χ2v) is 9.62. The Kier molecular flexibility index (Phi) is 6.86. The molecule has 186 valence electrons. The van der Waals surface area contributed by atoms with Gasteiger partial charge in [-0.2, -0.15) is 0 Å². The predicted octanol–water partition coefficient (Wildman–Crippen LogP) is 6.85. The van der Waals surface area contributed by atoms with Crippen LogP contribution in [0.25, 0.3) is 22.4 Å². The van der Waals surface area contributed by atoms with Gasteiger partial charge in [0, 0.05) is 25.2 Å². The van der Waals surface area contributed by atoms with Crippen molar-refractivity contribution >= 4 is 11.0 Å². The molecule has 0 amide bonds. The number of hydrogen-bond acceptors (Lipinski definition) is 4. The molecule has 0 unspecified atom stereocenters. The van der Waals surface area contributed by atoms with Crippen LogP contribution in [0, 0.1) is 0 Å². The van der Waals surface area contributed by atoms with E-state index in [1.165, 1.54) is 5.56 Å². The highest BCUT2D eigenvalue weighted by atomic mass is 16.5. The van der Waals surface area contributed by atoms with E-state index in [4.69, 9.17) is 14.5 Å². The number of likely N-dealkylation sites (tertiary alicyclic amines) is 1. The Balaban J connectivity index is 1.04. The zero-order valence-corrected chi connectivity index (χ0v) is 20.8. The van der Waals surface area contributed by atoms with Crippen molar-refractivity contribution in [3.05, 3.63) is 114 Å². The predicted molar refractivity (Wildman–Crippen MR) is 148 cm³/mol. The highest BCUT2D eigenvalue weighted by molar-refractivity contribution is 5.80. The van der Waals surface area contributed by atoms with Crippen LogP contribution in [0.5, 0.6) is 11.5 Å². The van der Waals surface area contributed by atoms with E-state index in [0.717, 1.165) is 72.0 Å². The van der Waals surface area contributed by atoms with Gasteiger partial charge < -0.3 is 14.5 Å². The lowest BCUT2D eigenvalue weighted by Crippen LogP contribution is -2.37. The highest BCUT2D eigenvalue weighted by Crippen LogP contribution is 2.30. The fraction of sp³-hybridized carbons (Fsp3) is 0.219. The van der Waals surface area contributed by atoms with E-state index in [1.807, 2.05) is 60.7 Å². The maximum absolute atomic E-state index is 6.41. The first-order chi connectivity index (χ1) is 18.3. The Morgan fingerprint density at radius 3 is 2.24 bits per heavy atom. The number of nitrogens with one attached hydrogen (secondary N) is 1. The Morgan fingerprint density at radius 2 is 1.46 bits per heavy atom. The topological polar surface area (TPSA) is 50.4 Å². The third-order valence-corrected chi connectivity index (χ3v) is 6.91. The van der Waals surface area contributed by atoms with Gasteiger partial charge in [0.1, 0.15) is 18.5 Å². The number of aromatic amines is 1. The van der Waals surface area contributed by atoms with Gasteiger partial charge in [-0.1, -0.05) is 78.9 Å². The Labute approximate surface area is 217 Å². The van der Waals surface area contributed by atoms with Crippen molar-refractivity contribution in [3.63, 3.8) is 0 Å². The Morgan fingerprint density at radius 1 is 0.757 bits per heavy atom. The van der Waals surface area contributed by atoms with Crippen LogP contribution in [-0.2, 0) is 13.2 Å². The summed E-state index contributed by atoms with van der Waals surface area (Å²) in [5.41, 5.74) is 5.64. The second kappa shape index (κ2) is 10.9. The number of para-hydroxylation sites is 2. The smallest absolute Gasteiger partial charge is 0.161 e. The molecule has 1 N–H and O–H groups in total. The van der Waals surface area contributed by atoms with Gasteiger partial charge in [0.05, 0.1) is 11.0 Å². The number of imidazole rings is 1. The molecule has 5 nitrogen and oxygen atoms in total. The molecule has 0 bridgehead atoms. The summed E-state index contributed by atoms with van der Waals surface area (Å²) in [5.74, 6) is 2.55. The number of fused-ring (bicyclic) bond motifs is 1. The van der Waals surface area contributed by atoms with Crippen molar-refractivity contribution < 1.29 is 9.47 Å². The number of benzene rings is 4. The lowest BCUT2D eigenvalue weighted by Gasteiger charge is -2.32. The number of ether oxygens (including phenoxy) is 2. The minimum absolute atomic E-state index is 0.196. The van der Waals surface area contributed by atoms with Gasteiger partial charge in [0.25, 0.3) is 0 Å². The normalized spacial score (nSPS) is 14.6. The van der Waals surface area contributed by atoms with E-state index in [-0.39, 0.29) is 6.10 Å². The first kappa shape index (κ1) is 23.3. The largest absolute Gasteiger partial charge is 0.486 e. The van der Waals surface area contributed by atoms with Gasteiger partial charge in [-0.05, 0) is 48.2 Å². The zero-order chi connectivity index (χ0) is 24.9. The number of aromatic nitrogens is 2. The summed E-state index contributed by atoms with van der Waals surface area (Å²) in [7, 11) is 0. The maximum Gasteiger partial charge on any atom is 0.161 e. The average molecular weight is 490 g/mol. The average Bonchev–Trinajstić information content (AvgIpc) is 3.38. The molecule has 0 radical (unpaired) electrons. The molecule has 1 fully saturated rings. The van der Waals surface area contributed by atoms with Crippen molar-refractivity contribution in [1.82, 2.24) is 14.9 Å². The van der Waals surface area contributed by atoms with Gasteiger partial charge in [-0.3, -0.25) is 4.90 Å². The van der Waals surface area contributed by atoms with E-state index in [1.54, 1.807) is 0 Å². The summed E-state index contributed by atoms with van der Waals surface area (Å²) in [6.45, 7) is 3.48. The first-order valence-electron chi connectivity index (χ1n) is 13.0. The van der Waals surface area contributed by atoms with Gasteiger partial charge in [-0.15, -0.1) is 0 Å². The van der Waals surface area contributed by atoms with E-state index < -0.39 is 0 Å². The molecule has 1 aromatic heterocycles. The highest BCUT2D eigenvalue weighted by Gasteiger charge is 2.22. The second-order valence-electron chi connectivity index (χ2n) is 9.62. The lowest BCUT2D eigenvalue weighted by molar-refractivity contribution is 0.0932. The monoisotopic (exact) mass is 489 g/mol. The molecular formula is C32H31N3O2. The van der Waals surface area contributed by atoms with Crippen LogP contribution >= 0.6 is 0 Å². The fourth-order valence-electron chi connectivity index (χ4n) is 4.91. The van der Waals surface area contributed by atoms with E-state index >= 15 is 0 Å². The molecule has 0 aliphatic carbocycles. The quantitative estimate of drug-likeness (QED) is 0.259.